The van der Waals surface area contributed by atoms with Crippen molar-refractivity contribution in [3.8, 4) is 11.1 Å². The van der Waals surface area contributed by atoms with E-state index in [1.165, 1.54) is 0 Å². The summed E-state index contributed by atoms with van der Waals surface area (Å²) in [5.74, 6) is -0.00630. The fourth-order valence-corrected chi connectivity index (χ4v) is 5.07. The Morgan fingerprint density at radius 2 is 1.85 bits per heavy atom. The average molecular weight is 463 g/mol. The maximum absolute atomic E-state index is 13.4. The number of amides is 2. The molecule has 2 aromatic heterocycles. The number of carbonyl (C=O) groups excluding carboxylic acids is 2. The topological polar surface area (TPSA) is 105 Å². The quantitative estimate of drug-likeness (QED) is 0.475. The molecule has 8 nitrogen and oxygen atoms in total. The van der Waals surface area contributed by atoms with Crippen molar-refractivity contribution in [1.82, 2.24) is 25.3 Å². The van der Waals surface area contributed by atoms with Gasteiger partial charge in [0.05, 0.1) is 5.69 Å². The molecule has 2 amide bonds. The third-order valence-corrected chi connectivity index (χ3v) is 6.89. The lowest BCUT2D eigenvalue weighted by atomic mass is 9.89. The van der Waals surface area contributed by atoms with Gasteiger partial charge >= 0.3 is 0 Å². The van der Waals surface area contributed by atoms with Gasteiger partial charge in [-0.2, -0.15) is 10.2 Å². The van der Waals surface area contributed by atoms with E-state index in [1.54, 1.807) is 16.9 Å². The lowest BCUT2D eigenvalue weighted by Gasteiger charge is -2.27. The SMILES string of the molecule is Cc1n[nH]c(C)c1-c1ccc(NC(=O)C(NC(=O)c2ccnn2C(C)C)C2CCCC2C)cc1. The minimum Gasteiger partial charge on any atom is -0.339 e. The summed E-state index contributed by atoms with van der Waals surface area (Å²) in [6.07, 6.45) is 4.66. The average Bonchev–Trinajstić information content (AvgIpc) is 3.53. The molecule has 1 aromatic carbocycles. The molecule has 3 N–H and O–H groups in total. The molecule has 180 valence electrons. The van der Waals surface area contributed by atoms with Crippen LogP contribution in [-0.4, -0.2) is 37.8 Å². The van der Waals surface area contributed by atoms with Gasteiger partial charge < -0.3 is 10.6 Å². The van der Waals surface area contributed by atoms with Crippen LogP contribution in [0.2, 0.25) is 0 Å². The molecule has 0 radical (unpaired) electrons. The predicted octanol–water partition coefficient (Wildman–Crippen LogP) is 4.64. The van der Waals surface area contributed by atoms with E-state index in [0.29, 0.717) is 17.3 Å². The van der Waals surface area contributed by atoms with Gasteiger partial charge in [0.15, 0.2) is 0 Å². The number of hydrogen-bond acceptors (Lipinski definition) is 4. The van der Waals surface area contributed by atoms with E-state index in [9.17, 15) is 9.59 Å². The minimum atomic E-state index is -0.612. The summed E-state index contributed by atoms with van der Waals surface area (Å²) >= 11 is 0. The Morgan fingerprint density at radius 3 is 2.44 bits per heavy atom. The Bertz CT molecular complexity index is 1140. The number of aryl methyl sites for hydroxylation is 2. The van der Waals surface area contributed by atoms with Gasteiger partial charge in [0.2, 0.25) is 5.91 Å². The lowest BCUT2D eigenvalue weighted by Crippen LogP contribution is -2.49. The van der Waals surface area contributed by atoms with Gasteiger partial charge in [-0.3, -0.25) is 19.4 Å². The zero-order chi connectivity index (χ0) is 24.4. The van der Waals surface area contributed by atoms with E-state index in [-0.39, 0.29) is 23.8 Å². The van der Waals surface area contributed by atoms with E-state index in [1.807, 2.05) is 52.0 Å². The van der Waals surface area contributed by atoms with E-state index in [2.05, 4.69) is 32.9 Å². The molecule has 1 saturated carbocycles. The Morgan fingerprint density at radius 1 is 1.12 bits per heavy atom. The first kappa shape index (κ1) is 23.7. The largest absolute Gasteiger partial charge is 0.339 e. The van der Waals surface area contributed by atoms with Crippen molar-refractivity contribution in [2.45, 2.75) is 66.0 Å². The van der Waals surface area contributed by atoms with Crippen LogP contribution in [0.1, 0.15) is 68.0 Å². The number of H-pyrrole nitrogens is 1. The van der Waals surface area contributed by atoms with Gasteiger partial charge in [0, 0.05) is 29.2 Å². The second-order valence-corrected chi connectivity index (χ2v) is 9.65. The summed E-state index contributed by atoms with van der Waals surface area (Å²) in [7, 11) is 0. The summed E-state index contributed by atoms with van der Waals surface area (Å²) < 4.78 is 1.68. The molecule has 0 spiro atoms. The normalized spacial score (nSPS) is 18.8. The first-order valence-corrected chi connectivity index (χ1v) is 12.0. The van der Waals surface area contributed by atoms with Crippen LogP contribution in [0, 0.1) is 25.7 Å². The number of aromatic nitrogens is 4. The fourth-order valence-electron chi connectivity index (χ4n) is 5.07. The molecule has 2 heterocycles. The maximum atomic E-state index is 13.4. The van der Waals surface area contributed by atoms with Crippen LogP contribution in [0.4, 0.5) is 5.69 Å². The minimum absolute atomic E-state index is 0.0504. The number of aromatic amines is 1. The molecule has 0 bridgehead atoms. The number of benzene rings is 1. The number of nitrogens with zero attached hydrogens (tertiary/aromatic N) is 3. The van der Waals surface area contributed by atoms with Gasteiger partial charge in [-0.05, 0) is 69.7 Å². The number of rotatable bonds is 7. The van der Waals surface area contributed by atoms with Crippen LogP contribution < -0.4 is 10.6 Å². The van der Waals surface area contributed by atoms with Crippen LogP contribution in [0.15, 0.2) is 36.5 Å². The molecule has 4 rings (SSSR count). The summed E-state index contributed by atoms with van der Waals surface area (Å²) in [4.78, 5) is 26.6. The van der Waals surface area contributed by atoms with E-state index >= 15 is 0 Å². The first-order chi connectivity index (χ1) is 16.3. The van der Waals surface area contributed by atoms with Crippen LogP contribution in [-0.2, 0) is 4.79 Å². The van der Waals surface area contributed by atoms with Crippen molar-refractivity contribution in [1.29, 1.82) is 0 Å². The molecular formula is C26H34N6O2. The third kappa shape index (κ3) is 4.76. The summed E-state index contributed by atoms with van der Waals surface area (Å²) in [5, 5.41) is 17.6. The molecule has 1 aliphatic rings. The molecule has 3 atom stereocenters. The molecule has 1 aliphatic carbocycles. The van der Waals surface area contributed by atoms with Crippen molar-refractivity contribution < 1.29 is 9.59 Å². The van der Waals surface area contributed by atoms with Gasteiger partial charge in [-0.1, -0.05) is 31.9 Å². The van der Waals surface area contributed by atoms with Crippen molar-refractivity contribution in [3.05, 3.63) is 53.6 Å². The number of nitrogens with one attached hydrogen (secondary N) is 3. The van der Waals surface area contributed by atoms with Crippen molar-refractivity contribution in [3.63, 3.8) is 0 Å². The van der Waals surface area contributed by atoms with Gasteiger partial charge in [-0.15, -0.1) is 0 Å². The molecule has 1 fully saturated rings. The number of hydrogen-bond donors (Lipinski definition) is 3. The third-order valence-electron chi connectivity index (χ3n) is 6.89. The fraction of sp³-hybridized carbons (Fsp3) is 0.462. The van der Waals surface area contributed by atoms with Crippen molar-refractivity contribution >= 4 is 17.5 Å². The Hall–Kier alpha value is -3.42. The lowest BCUT2D eigenvalue weighted by molar-refractivity contribution is -0.119. The van der Waals surface area contributed by atoms with Gasteiger partial charge in [-0.25, -0.2) is 0 Å². The number of anilines is 1. The highest BCUT2D eigenvalue weighted by atomic mass is 16.2. The zero-order valence-corrected chi connectivity index (χ0v) is 20.6. The monoisotopic (exact) mass is 462 g/mol. The van der Waals surface area contributed by atoms with Crippen molar-refractivity contribution in [2.75, 3.05) is 5.32 Å². The standard InChI is InChI=1S/C26H34N6O2/c1-15(2)32-22(13-14-27-32)25(33)29-24(21-8-6-7-16(21)3)26(34)28-20-11-9-19(10-12-20)23-17(4)30-31-18(23)5/h9-16,21,24H,6-8H2,1-5H3,(H,28,34)(H,29,33)(H,30,31). The molecule has 3 aromatic rings. The number of carbonyl (C=O) groups is 2. The van der Waals surface area contributed by atoms with E-state index in [4.69, 9.17) is 0 Å². The second kappa shape index (κ2) is 9.83. The first-order valence-electron chi connectivity index (χ1n) is 12.0. The van der Waals surface area contributed by atoms with Crippen molar-refractivity contribution in [2.24, 2.45) is 11.8 Å². The molecule has 0 aliphatic heterocycles. The smallest absolute Gasteiger partial charge is 0.270 e. The van der Waals surface area contributed by atoms with E-state index in [0.717, 1.165) is 41.8 Å². The second-order valence-electron chi connectivity index (χ2n) is 9.65. The van der Waals surface area contributed by atoms with Crippen LogP contribution in [0.3, 0.4) is 0 Å². The van der Waals surface area contributed by atoms with Gasteiger partial charge in [0.25, 0.3) is 5.91 Å². The maximum Gasteiger partial charge on any atom is 0.270 e. The summed E-state index contributed by atoms with van der Waals surface area (Å²) in [6, 6.07) is 8.88. The van der Waals surface area contributed by atoms with Crippen LogP contribution in [0.25, 0.3) is 11.1 Å². The van der Waals surface area contributed by atoms with Gasteiger partial charge in [0.1, 0.15) is 11.7 Å². The van der Waals surface area contributed by atoms with Crippen LogP contribution >= 0.6 is 0 Å². The molecule has 0 saturated heterocycles. The molecule has 3 unspecified atom stereocenters. The molecule has 8 heteroatoms. The summed E-state index contributed by atoms with van der Waals surface area (Å²) in [5.41, 5.74) is 5.22. The highest BCUT2D eigenvalue weighted by Gasteiger charge is 2.37. The Kier molecular flexibility index (Phi) is 6.86. The van der Waals surface area contributed by atoms with E-state index < -0.39 is 6.04 Å². The Balaban J connectivity index is 1.53. The molecule has 34 heavy (non-hydrogen) atoms. The Labute approximate surface area is 200 Å². The molecular weight excluding hydrogens is 428 g/mol. The highest BCUT2D eigenvalue weighted by molar-refractivity contribution is 6.00. The zero-order valence-electron chi connectivity index (χ0n) is 20.6. The predicted molar refractivity (Wildman–Crippen MR) is 132 cm³/mol. The highest BCUT2D eigenvalue weighted by Crippen LogP contribution is 2.34. The summed E-state index contributed by atoms with van der Waals surface area (Å²) in [6.45, 7) is 10.1. The van der Waals surface area contributed by atoms with Crippen LogP contribution in [0.5, 0.6) is 0 Å².